The van der Waals surface area contributed by atoms with Crippen LogP contribution in [0.15, 0.2) is 78.9 Å². The maximum atomic E-state index is 12.9. The molecule has 0 unspecified atom stereocenters. The van der Waals surface area contributed by atoms with Crippen molar-refractivity contribution >= 4 is 34.8 Å². The van der Waals surface area contributed by atoms with E-state index in [-0.39, 0.29) is 24.3 Å². The molecule has 32 heavy (non-hydrogen) atoms. The van der Waals surface area contributed by atoms with E-state index in [1.54, 1.807) is 60.5 Å². The Bertz CT molecular complexity index is 1080. The van der Waals surface area contributed by atoms with Gasteiger partial charge in [-0.1, -0.05) is 24.3 Å². The van der Waals surface area contributed by atoms with Crippen molar-refractivity contribution < 1.29 is 14.4 Å². The van der Waals surface area contributed by atoms with Crippen molar-refractivity contribution in [3.05, 3.63) is 90.0 Å². The van der Waals surface area contributed by atoms with Crippen LogP contribution in [0.1, 0.15) is 27.6 Å². The van der Waals surface area contributed by atoms with E-state index in [0.29, 0.717) is 23.4 Å². The third kappa shape index (κ3) is 5.72. The Morgan fingerprint density at radius 2 is 1.53 bits per heavy atom. The zero-order valence-corrected chi connectivity index (χ0v) is 18.1. The number of benzene rings is 3. The second kappa shape index (κ2) is 10.8. The summed E-state index contributed by atoms with van der Waals surface area (Å²) in [6, 6.07) is 23.2. The van der Waals surface area contributed by atoms with Crippen molar-refractivity contribution in [3.63, 3.8) is 0 Å². The Balaban J connectivity index is 1.57. The molecule has 3 aromatic rings. The molecule has 0 radical (unpaired) electrons. The van der Waals surface area contributed by atoms with Gasteiger partial charge in [0.1, 0.15) is 0 Å². The number of rotatable bonds is 8. The van der Waals surface area contributed by atoms with Crippen molar-refractivity contribution in [1.29, 1.82) is 0 Å². The molecule has 0 spiro atoms. The number of amides is 3. The molecule has 0 saturated carbocycles. The van der Waals surface area contributed by atoms with E-state index in [4.69, 9.17) is 0 Å². The molecular weight excluding hydrogens is 404 g/mol. The van der Waals surface area contributed by atoms with Crippen molar-refractivity contribution in [2.45, 2.75) is 6.92 Å². The molecule has 3 rings (SSSR count). The Hall–Kier alpha value is -4.13. The topological polar surface area (TPSA) is 90.5 Å². The van der Waals surface area contributed by atoms with Gasteiger partial charge in [0.15, 0.2) is 0 Å². The second-order valence-electron chi connectivity index (χ2n) is 7.02. The van der Waals surface area contributed by atoms with Gasteiger partial charge in [-0.2, -0.15) is 0 Å². The fourth-order valence-electron chi connectivity index (χ4n) is 3.21. The summed E-state index contributed by atoms with van der Waals surface area (Å²) in [6.07, 6.45) is 0. The van der Waals surface area contributed by atoms with Crippen molar-refractivity contribution in [3.8, 4) is 0 Å². The lowest BCUT2D eigenvalue weighted by Crippen LogP contribution is -2.30. The molecule has 0 aliphatic carbocycles. The van der Waals surface area contributed by atoms with E-state index in [0.717, 1.165) is 11.4 Å². The largest absolute Gasteiger partial charge is 0.376 e. The minimum atomic E-state index is -0.250. The number of hydrogen-bond acceptors (Lipinski definition) is 4. The molecule has 0 fully saturated rings. The Labute approximate surface area is 187 Å². The van der Waals surface area contributed by atoms with Crippen molar-refractivity contribution in [2.75, 3.05) is 35.7 Å². The normalized spacial score (nSPS) is 10.2. The van der Waals surface area contributed by atoms with Crippen LogP contribution < -0.4 is 20.9 Å². The number of nitrogens with one attached hydrogen (secondary N) is 3. The maximum Gasteiger partial charge on any atom is 0.258 e. The number of hydrogen-bond donors (Lipinski definition) is 3. The Morgan fingerprint density at radius 1 is 0.812 bits per heavy atom. The van der Waals surface area contributed by atoms with E-state index >= 15 is 0 Å². The quantitative estimate of drug-likeness (QED) is 0.508. The third-order valence-corrected chi connectivity index (χ3v) is 4.85. The molecular formula is C25H26N4O3. The van der Waals surface area contributed by atoms with Crippen molar-refractivity contribution in [1.82, 2.24) is 5.32 Å². The molecule has 0 heterocycles. The van der Waals surface area contributed by atoms with Gasteiger partial charge in [0.25, 0.3) is 11.8 Å². The van der Waals surface area contributed by atoms with Crippen LogP contribution in [0, 0.1) is 0 Å². The van der Waals surface area contributed by atoms with Crippen LogP contribution in [0.2, 0.25) is 0 Å². The summed E-state index contributed by atoms with van der Waals surface area (Å²) >= 11 is 0. The average Bonchev–Trinajstić information content (AvgIpc) is 2.84. The summed E-state index contributed by atoms with van der Waals surface area (Å²) in [5.41, 5.74) is 3.14. The van der Waals surface area contributed by atoms with Gasteiger partial charge in [-0.25, -0.2) is 0 Å². The highest BCUT2D eigenvalue weighted by molar-refractivity contribution is 6.06. The molecule has 3 N–H and O–H groups in total. The molecule has 0 aliphatic heterocycles. The molecule has 0 saturated heterocycles. The Morgan fingerprint density at radius 3 is 2.19 bits per heavy atom. The second-order valence-corrected chi connectivity index (χ2v) is 7.02. The van der Waals surface area contributed by atoms with Crippen LogP contribution in [-0.2, 0) is 4.79 Å². The highest BCUT2D eigenvalue weighted by Gasteiger charge is 2.15. The van der Waals surface area contributed by atoms with Crippen LogP contribution in [0.3, 0.4) is 0 Å². The van der Waals surface area contributed by atoms with E-state index in [9.17, 15) is 14.4 Å². The summed E-state index contributed by atoms with van der Waals surface area (Å²) in [5.74, 6) is -0.554. The van der Waals surface area contributed by atoms with Crippen molar-refractivity contribution in [2.24, 2.45) is 0 Å². The number of carbonyl (C=O) groups is 3. The summed E-state index contributed by atoms with van der Waals surface area (Å²) < 4.78 is 0. The molecule has 3 aromatic carbocycles. The molecule has 0 atom stereocenters. The highest BCUT2D eigenvalue weighted by Crippen LogP contribution is 2.18. The molecule has 0 aromatic heterocycles. The zero-order valence-electron chi connectivity index (χ0n) is 18.1. The van der Waals surface area contributed by atoms with Crippen LogP contribution in [-0.4, -0.2) is 37.9 Å². The number of para-hydroxylation sites is 1. The molecule has 164 valence electrons. The maximum absolute atomic E-state index is 12.9. The van der Waals surface area contributed by atoms with Gasteiger partial charge in [0.05, 0.1) is 6.54 Å². The SMILES string of the molecule is CCN(C(=O)c1ccc(NCC(=O)Nc2cccc(C(=O)NC)c2)cc1)c1ccccc1. The number of carbonyl (C=O) groups excluding carboxylic acids is 3. The standard InChI is InChI=1S/C25H26N4O3/c1-3-29(22-10-5-4-6-11-22)25(32)18-12-14-20(15-13-18)27-17-23(30)28-21-9-7-8-19(16-21)24(31)26-2/h4-16,27H,3,17H2,1-2H3,(H,26,31)(H,28,30). The van der Waals surface area contributed by atoms with Crippen LogP contribution in [0.5, 0.6) is 0 Å². The summed E-state index contributed by atoms with van der Waals surface area (Å²) in [4.78, 5) is 38.6. The lowest BCUT2D eigenvalue weighted by molar-refractivity contribution is -0.114. The third-order valence-electron chi connectivity index (χ3n) is 4.85. The summed E-state index contributed by atoms with van der Waals surface area (Å²) in [7, 11) is 1.55. The molecule has 3 amide bonds. The van der Waals surface area contributed by atoms with Crippen LogP contribution in [0.25, 0.3) is 0 Å². The van der Waals surface area contributed by atoms with Gasteiger partial charge in [-0.05, 0) is 61.5 Å². The van der Waals surface area contributed by atoms with Gasteiger partial charge >= 0.3 is 0 Å². The van der Waals surface area contributed by atoms with Gasteiger partial charge in [0, 0.05) is 41.8 Å². The fourth-order valence-corrected chi connectivity index (χ4v) is 3.21. The van der Waals surface area contributed by atoms with E-state index < -0.39 is 0 Å². The van der Waals surface area contributed by atoms with E-state index in [2.05, 4.69) is 16.0 Å². The highest BCUT2D eigenvalue weighted by atomic mass is 16.2. The van der Waals surface area contributed by atoms with Crippen LogP contribution in [0.4, 0.5) is 17.1 Å². The molecule has 0 aliphatic rings. The Kier molecular flexibility index (Phi) is 7.59. The zero-order chi connectivity index (χ0) is 22.9. The predicted molar refractivity (Wildman–Crippen MR) is 127 cm³/mol. The van der Waals surface area contributed by atoms with E-state index in [1.165, 1.54) is 0 Å². The average molecular weight is 431 g/mol. The lowest BCUT2D eigenvalue weighted by Gasteiger charge is -2.21. The first-order valence-corrected chi connectivity index (χ1v) is 10.3. The first-order valence-electron chi connectivity index (χ1n) is 10.3. The van der Waals surface area contributed by atoms with Gasteiger partial charge in [-0.3, -0.25) is 14.4 Å². The summed E-state index contributed by atoms with van der Waals surface area (Å²) in [5, 5.41) is 8.35. The van der Waals surface area contributed by atoms with Gasteiger partial charge < -0.3 is 20.9 Å². The monoisotopic (exact) mass is 430 g/mol. The first-order chi connectivity index (χ1) is 15.5. The molecule has 0 bridgehead atoms. The number of nitrogens with zero attached hydrogens (tertiary/aromatic N) is 1. The summed E-state index contributed by atoms with van der Waals surface area (Å²) in [6.45, 7) is 2.54. The minimum Gasteiger partial charge on any atom is -0.376 e. The first kappa shape index (κ1) is 22.6. The van der Waals surface area contributed by atoms with Gasteiger partial charge in [0.2, 0.25) is 5.91 Å². The minimum absolute atomic E-state index is 0.0442. The van der Waals surface area contributed by atoms with Gasteiger partial charge in [-0.15, -0.1) is 0 Å². The van der Waals surface area contributed by atoms with E-state index in [1.807, 2.05) is 37.3 Å². The lowest BCUT2D eigenvalue weighted by atomic mass is 10.1. The number of anilines is 3. The predicted octanol–water partition coefficient (Wildman–Crippen LogP) is 3.76. The smallest absolute Gasteiger partial charge is 0.258 e. The molecule has 7 nitrogen and oxygen atoms in total. The van der Waals surface area contributed by atoms with Crippen LogP contribution >= 0.6 is 0 Å². The fraction of sp³-hybridized carbons (Fsp3) is 0.160. The molecule has 7 heteroatoms.